The van der Waals surface area contributed by atoms with Crippen molar-refractivity contribution < 1.29 is 9.18 Å². The molecular formula is C17H12ClFN2O2. The van der Waals surface area contributed by atoms with E-state index in [1.807, 2.05) is 13.0 Å². The van der Waals surface area contributed by atoms with Crippen molar-refractivity contribution in [2.75, 3.05) is 5.32 Å². The molecule has 0 aliphatic carbocycles. The van der Waals surface area contributed by atoms with Crippen LogP contribution >= 0.6 is 11.6 Å². The van der Waals surface area contributed by atoms with Gasteiger partial charge in [0, 0.05) is 17.1 Å². The number of carbonyl (C=O) groups excluding carboxylic acids is 1. The molecule has 0 aliphatic heterocycles. The largest absolute Gasteiger partial charge is 0.322 e. The summed E-state index contributed by atoms with van der Waals surface area (Å²) in [6.45, 7) is 1.84. The number of fused-ring (bicyclic) bond motifs is 1. The summed E-state index contributed by atoms with van der Waals surface area (Å²) < 4.78 is 13.0. The molecule has 1 amide bonds. The van der Waals surface area contributed by atoms with Crippen molar-refractivity contribution >= 4 is 34.1 Å². The van der Waals surface area contributed by atoms with Gasteiger partial charge in [0.1, 0.15) is 5.82 Å². The first-order valence-corrected chi connectivity index (χ1v) is 7.22. The molecule has 23 heavy (non-hydrogen) atoms. The molecule has 2 N–H and O–H groups in total. The second kappa shape index (κ2) is 5.85. The summed E-state index contributed by atoms with van der Waals surface area (Å²) in [5.41, 5.74) is 1.94. The van der Waals surface area contributed by atoms with Crippen LogP contribution < -0.4 is 10.9 Å². The lowest BCUT2D eigenvalue weighted by Gasteiger charge is -2.09. The van der Waals surface area contributed by atoms with Crippen molar-refractivity contribution in [3.63, 3.8) is 0 Å². The molecule has 0 saturated heterocycles. The topological polar surface area (TPSA) is 62.0 Å². The highest BCUT2D eigenvalue weighted by atomic mass is 35.5. The number of aromatic amines is 1. The van der Waals surface area contributed by atoms with Crippen molar-refractivity contribution in [1.82, 2.24) is 4.98 Å². The SMILES string of the molecule is Cc1cc(=O)[nH]c2cc(NC(=O)c3ccc(F)cc3Cl)ccc12. The van der Waals surface area contributed by atoms with Crippen molar-refractivity contribution in [2.24, 2.45) is 0 Å². The van der Waals surface area contributed by atoms with Crippen LogP contribution in [0.4, 0.5) is 10.1 Å². The highest BCUT2D eigenvalue weighted by Gasteiger charge is 2.12. The average Bonchev–Trinajstić information content (AvgIpc) is 2.46. The summed E-state index contributed by atoms with van der Waals surface area (Å²) in [6.07, 6.45) is 0. The minimum Gasteiger partial charge on any atom is -0.322 e. The van der Waals surface area contributed by atoms with Crippen LogP contribution in [-0.4, -0.2) is 10.9 Å². The van der Waals surface area contributed by atoms with E-state index in [2.05, 4.69) is 10.3 Å². The van der Waals surface area contributed by atoms with Crippen LogP contribution in [0.2, 0.25) is 5.02 Å². The fraction of sp³-hybridized carbons (Fsp3) is 0.0588. The van der Waals surface area contributed by atoms with Crippen LogP contribution in [0, 0.1) is 12.7 Å². The number of anilines is 1. The fourth-order valence-electron chi connectivity index (χ4n) is 2.38. The van der Waals surface area contributed by atoms with Gasteiger partial charge < -0.3 is 10.3 Å². The molecule has 116 valence electrons. The van der Waals surface area contributed by atoms with Gasteiger partial charge in [-0.2, -0.15) is 0 Å². The molecule has 2 aromatic carbocycles. The first kappa shape index (κ1) is 15.2. The van der Waals surface area contributed by atoms with E-state index in [1.54, 1.807) is 12.1 Å². The Hall–Kier alpha value is -2.66. The van der Waals surface area contributed by atoms with E-state index in [0.717, 1.165) is 17.0 Å². The molecule has 0 spiro atoms. The predicted molar refractivity (Wildman–Crippen MR) is 88.7 cm³/mol. The number of aromatic nitrogens is 1. The molecule has 0 radical (unpaired) electrons. The summed E-state index contributed by atoms with van der Waals surface area (Å²) in [6, 6.07) is 10.3. The van der Waals surface area contributed by atoms with Gasteiger partial charge in [-0.15, -0.1) is 0 Å². The van der Waals surface area contributed by atoms with Crippen LogP contribution in [0.5, 0.6) is 0 Å². The van der Waals surface area contributed by atoms with Gasteiger partial charge in [-0.25, -0.2) is 4.39 Å². The zero-order chi connectivity index (χ0) is 16.6. The molecule has 0 bridgehead atoms. The number of carbonyl (C=O) groups is 1. The molecule has 0 atom stereocenters. The maximum atomic E-state index is 13.0. The molecule has 3 rings (SSSR count). The van der Waals surface area contributed by atoms with Crippen LogP contribution in [0.15, 0.2) is 47.3 Å². The number of nitrogens with one attached hydrogen (secondary N) is 2. The van der Waals surface area contributed by atoms with E-state index in [4.69, 9.17) is 11.6 Å². The lowest BCUT2D eigenvalue weighted by Crippen LogP contribution is -2.13. The highest BCUT2D eigenvalue weighted by molar-refractivity contribution is 6.34. The molecular weight excluding hydrogens is 319 g/mol. The van der Waals surface area contributed by atoms with Gasteiger partial charge >= 0.3 is 0 Å². The summed E-state index contributed by atoms with van der Waals surface area (Å²) in [5, 5.41) is 3.61. The van der Waals surface area contributed by atoms with Gasteiger partial charge in [0.15, 0.2) is 0 Å². The number of pyridine rings is 1. The molecule has 1 heterocycles. The van der Waals surface area contributed by atoms with E-state index >= 15 is 0 Å². The quantitative estimate of drug-likeness (QED) is 0.749. The molecule has 0 saturated carbocycles. The maximum Gasteiger partial charge on any atom is 0.257 e. The third-order valence-corrected chi connectivity index (χ3v) is 3.80. The normalized spacial score (nSPS) is 10.7. The molecule has 4 nitrogen and oxygen atoms in total. The Morgan fingerprint density at radius 2 is 1.96 bits per heavy atom. The van der Waals surface area contributed by atoms with Gasteiger partial charge in [-0.3, -0.25) is 9.59 Å². The first-order chi connectivity index (χ1) is 10.9. The van der Waals surface area contributed by atoms with Gasteiger partial charge in [-0.05, 0) is 42.8 Å². The van der Waals surface area contributed by atoms with Gasteiger partial charge in [0.25, 0.3) is 5.91 Å². The smallest absolute Gasteiger partial charge is 0.257 e. The van der Waals surface area contributed by atoms with E-state index in [0.29, 0.717) is 11.2 Å². The first-order valence-electron chi connectivity index (χ1n) is 6.84. The summed E-state index contributed by atoms with van der Waals surface area (Å²) in [5.74, 6) is -0.963. The van der Waals surface area contributed by atoms with Crippen molar-refractivity contribution in [1.29, 1.82) is 0 Å². The number of H-pyrrole nitrogens is 1. The standard InChI is InChI=1S/C17H12ClFN2O2/c1-9-6-16(22)21-15-8-11(3-5-12(9)15)20-17(23)13-4-2-10(19)7-14(13)18/h2-8H,1H3,(H,20,23)(H,21,22). The number of aryl methyl sites for hydroxylation is 1. The average molecular weight is 331 g/mol. The number of halogens is 2. The van der Waals surface area contributed by atoms with Gasteiger partial charge in [0.05, 0.1) is 16.1 Å². The van der Waals surface area contributed by atoms with Crippen LogP contribution in [0.1, 0.15) is 15.9 Å². The summed E-state index contributed by atoms with van der Waals surface area (Å²) in [7, 11) is 0. The lowest BCUT2D eigenvalue weighted by atomic mass is 10.1. The number of amides is 1. The monoisotopic (exact) mass is 330 g/mol. The number of hydrogen-bond donors (Lipinski definition) is 2. The van der Waals surface area contributed by atoms with Crippen molar-refractivity contribution in [3.05, 3.63) is 74.8 Å². The Morgan fingerprint density at radius 3 is 2.70 bits per heavy atom. The van der Waals surface area contributed by atoms with E-state index in [-0.39, 0.29) is 16.1 Å². The third-order valence-electron chi connectivity index (χ3n) is 3.48. The summed E-state index contributed by atoms with van der Waals surface area (Å²) >= 11 is 5.88. The second-order valence-corrected chi connectivity index (χ2v) is 5.56. The van der Waals surface area contributed by atoms with Gasteiger partial charge in [-0.1, -0.05) is 17.7 Å². The zero-order valence-corrected chi connectivity index (χ0v) is 12.9. The van der Waals surface area contributed by atoms with E-state index < -0.39 is 11.7 Å². The molecule has 1 aromatic heterocycles. The second-order valence-electron chi connectivity index (χ2n) is 5.16. The van der Waals surface area contributed by atoms with Crippen molar-refractivity contribution in [3.8, 4) is 0 Å². The fourth-order valence-corrected chi connectivity index (χ4v) is 2.64. The van der Waals surface area contributed by atoms with Crippen molar-refractivity contribution in [2.45, 2.75) is 6.92 Å². The molecule has 3 aromatic rings. The minimum atomic E-state index is -0.509. The number of benzene rings is 2. The highest BCUT2D eigenvalue weighted by Crippen LogP contribution is 2.22. The molecule has 0 fully saturated rings. The van der Waals surface area contributed by atoms with E-state index in [9.17, 15) is 14.0 Å². The number of rotatable bonds is 2. The number of hydrogen-bond acceptors (Lipinski definition) is 2. The third kappa shape index (κ3) is 3.10. The molecule has 0 aliphatic rings. The lowest BCUT2D eigenvalue weighted by molar-refractivity contribution is 0.102. The Morgan fingerprint density at radius 1 is 1.17 bits per heavy atom. The Labute approximate surface area is 135 Å². The predicted octanol–water partition coefficient (Wildman–Crippen LogP) is 3.88. The summed E-state index contributed by atoms with van der Waals surface area (Å²) in [4.78, 5) is 26.5. The Balaban J connectivity index is 1.95. The van der Waals surface area contributed by atoms with Crippen LogP contribution in [0.3, 0.4) is 0 Å². The van der Waals surface area contributed by atoms with Gasteiger partial charge in [0.2, 0.25) is 5.56 Å². The molecule has 6 heteroatoms. The maximum absolute atomic E-state index is 13.0. The van der Waals surface area contributed by atoms with Crippen LogP contribution in [0.25, 0.3) is 10.9 Å². The zero-order valence-electron chi connectivity index (χ0n) is 12.1. The van der Waals surface area contributed by atoms with Crippen LogP contribution in [-0.2, 0) is 0 Å². The molecule has 0 unspecified atom stereocenters. The van der Waals surface area contributed by atoms with E-state index in [1.165, 1.54) is 18.2 Å². The Bertz CT molecular complexity index is 982. The minimum absolute atomic E-state index is 0.0348. The Kier molecular flexibility index (Phi) is 3.88.